The third kappa shape index (κ3) is 3.35. The van der Waals surface area contributed by atoms with Crippen molar-refractivity contribution in [3.8, 4) is 5.75 Å². The van der Waals surface area contributed by atoms with Crippen LogP contribution in [-0.2, 0) is 13.2 Å². The Morgan fingerprint density at radius 3 is 3.00 bits per heavy atom. The van der Waals surface area contributed by atoms with Gasteiger partial charge in [-0.05, 0) is 19.4 Å². The number of ether oxygens (including phenoxy) is 1. The van der Waals surface area contributed by atoms with E-state index in [0.717, 1.165) is 23.4 Å². The van der Waals surface area contributed by atoms with Crippen molar-refractivity contribution in [2.24, 2.45) is 0 Å². The Hall–Kier alpha value is -1.82. The SMILES string of the molecule is CCCn1cc(OCc2cc(C(=O)O)sc2C)cn1. The molecule has 2 aromatic heterocycles. The van der Waals surface area contributed by atoms with Gasteiger partial charge in [-0.1, -0.05) is 6.92 Å². The lowest BCUT2D eigenvalue weighted by Gasteiger charge is -2.02. The van der Waals surface area contributed by atoms with E-state index in [4.69, 9.17) is 9.84 Å². The van der Waals surface area contributed by atoms with E-state index in [1.165, 1.54) is 11.3 Å². The molecule has 1 N–H and O–H groups in total. The van der Waals surface area contributed by atoms with E-state index in [2.05, 4.69) is 12.0 Å². The Labute approximate surface area is 115 Å². The number of nitrogens with zero attached hydrogens (tertiary/aromatic N) is 2. The Balaban J connectivity index is 1.99. The molecular weight excluding hydrogens is 264 g/mol. The van der Waals surface area contributed by atoms with E-state index in [9.17, 15) is 4.79 Å². The number of rotatable bonds is 6. The summed E-state index contributed by atoms with van der Waals surface area (Å²) in [4.78, 5) is 12.2. The van der Waals surface area contributed by atoms with Crippen LogP contribution in [0.15, 0.2) is 18.5 Å². The Morgan fingerprint density at radius 1 is 1.58 bits per heavy atom. The van der Waals surface area contributed by atoms with Crippen LogP contribution in [0.3, 0.4) is 0 Å². The van der Waals surface area contributed by atoms with Crippen molar-refractivity contribution >= 4 is 17.3 Å². The second kappa shape index (κ2) is 5.88. The minimum Gasteiger partial charge on any atom is -0.486 e. The molecule has 0 atom stereocenters. The van der Waals surface area contributed by atoms with Crippen LogP contribution in [0.1, 0.15) is 33.5 Å². The molecule has 2 rings (SSSR count). The molecule has 0 aliphatic rings. The minimum atomic E-state index is -0.893. The summed E-state index contributed by atoms with van der Waals surface area (Å²) in [7, 11) is 0. The number of aromatic nitrogens is 2. The highest BCUT2D eigenvalue weighted by Crippen LogP contribution is 2.23. The summed E-state index contributed by atoms with van der Waals surface area (Å²) in [5, 5.41) is 13.1. The highest BCUT2D eigenvalue weighted by Gasteiger charge is 2.11. The van der Waals surface area contributed by atoms with Crippen LogP contribution in [0, 0.1) is 6.92 Å². The summed E-state index contributed by atoms with van der Waals surface area (Å²) < 4.78 is 7.46. The highest BCUT2D eigenvalue weighted by atomic mass is 32.1. The van der Waals surface area contributed by atoms with Crippen molar-refractivity contribution in [2.75, 3.05) is 0 Å². The molecule has 0 aromatic carbocycles. The zero-order valence-corrected chi connectivity index (χ0v) is 11.7. The number of thiophene rings is 1. The molecule has 0 amide bonds. The van der Waals surface area contributed by atoms with Gasteiger partial charge in [0.1, 0.15) is 11.5 Å². The van der Waals surface area contributed by atoms with Gasteiger partial charge in [0.25, 0.3) is 0 Å². The first-order valence-electron chi connectivity index (χ1n) is 6.08. The summed E-state index contributed by atoms with van der Waals surface area (Å²) in [6.45, 7) is 5.22. The summed E-state index contributed by atoms with van der Waals surface area (Å²) in [5.41, 5.74) is 0.908. The van der Waals surface area contributed by atoms with Crippen LogP contribution in [0.4, 0.5) is 0 Å². The normalized spacial score (nSPS) is 10.6. The fourth-order valence-electron chi connectivity index (χ4n) is 1.70. The molecule has 2 aromatic rings. The first-order valence-corrected chi connectivity index (χ1v) is 6.89. The second-order valence-electron chi connectivity index (χ2n) is 4.23. The van der Waals surface area contributed by atoms with Gasteiger partial charge in [0.2, 0.25) is 0 Å². The molecule has 102 valence electrons. The van der Waals surface area contributed by atoms with Crippen LogP contribution in [-0.4, -0.2) is 20.9 Å². The molecule has 0 saturated carbocycles. The fraction of sp³-hybridized carbons (Fsp3) is 0.385. The lowest BCUT2D eigenvalue weighted by Crippen LogP contribution is -1.97. The van der Waals surface area contributed by atoms with E-state index in [1.54, 1.807) is 12.3 Å². The van der Waals surface area contributed by atoms with Gasteiger partial charge in [-0.15, -0.1) is 11.3 Å². The zero-order chi connectivity index (χ0) is 13.8. The number of aromatic carboxylic acids is 1. The van der Waals surface area contributed by atoms with Gasteiger partial charge >= 0.3 is 5.97 Å². The van der Waals surface area contributed by atoms with E-state index >= 15 is 0 Å². The number of hydrogen-bond donors (Lipinski definition) is 1. The van der Waals surface area contributed by atoms with E-state index in [-0.39, 0.29) is 0 Å². The minimum absolute atomic E-state index is 0.345. The smallest absolute Gasteiger partial charge is 0.345 e. The van der Waals surface area contributed by atoms with Crippen LogP contribution in [0.2, 0.25) is 0 Å². The van der Waals surface area contributed by atoms with Crippen molar-refractivity contribution in [3.63, 3.8) is 0 Å². The van der Waals surface area contributed by atoms with Gasteiger partial charge < -0.3 is 9.84 Å². The molecule has 0 aliphatic heterocycles. The lowest BCUT2D eigenvalue weighted by molar-refractivity contribution is 0.0702. The van der Waals surface area contributed by atoms with Crippen LogP contribution < -0.4 is 4.74 Å². The van der Waals surface area contributed by atoms with Crippen molar-refractivity contribution < 1.29 is 14.6 Å². The third-order valence-corrected chi connectivity index (χ3v) is 3.77. The molecule has 2 heterocycles. The molecule has 0 aliphatic carbocycles. The molecular formula is C13H16N2O3S. The number of aryl methyl sites for hydroxylation is 2. The summed E-state index contributed by atoms with van der Waals surface area (Å²) in [5.74, 6) is -0.189. The van der Waals surface area contributed by atoms with E-state index in [1.807, 2.05) is 17.8 Å². The van der Waals surface area contributed by atoms with Crippen molar-refractivity contribution in [1.29, 1.82) is 0 Å². The van der Waals surface area contributed by atoms with Gasteiger partial charge in [-0.2, -0.15) is 5.10 Å². The maximum atomic E-state index is 10.9. The largest absolute Gasteiger partial charge is 0.486 e. The van der Waals surface area contributed by atoms with Crippen LogP contribution >= 0.6 is 11.3 Å². The standard InChI is InChI=1S/C13H16N2O3S/c1-3-4-15-7-11(6-14-15)18-8-10-5-12(13(16)17)19-9(10)2/h5-7H,3-4,8H2,1-2H3,(H,16,17). The first kappa shape index (κ1) is 13.6. The second-order valence-corrected chi connectivity index (χ2v) is 5.48. The van der Waals surface area contributed by atoms with Crippen LogP contribution in [0.25, 0.3) is 0 Å². The van der Waals surface area contributed by atoms with Crippen molar-refractivity contribution in [2.45, 2.75) is 33.4 Å². The molecule has 0 fully saturated rings. The average molecular weight is 280 g/mol. The fourth-order valence-corrected chi connectivity index (χ4v) is 2.57. The van der Waals surface area contributed by atoms with Crippen molar-refractivity contribution in [1.82, 2.24) is 9.78 Å². The van der Waals surface area contributed by atoms with E-state index in [0.29, 0.717) is 17.2 Å². The summed E-state index contributed by atoms with van der Waals surface area (Å²) in [6, 6.07) is 1.67. The maximum absolute atomic E-state index is 10.9. The molecule has 6 heteroatoms. The molecule has 0 saturated heterocycles. The highest BCUT2D eigenvalue weighted by molar-refractivity contribution is 7.14. The van der Waals surface area contributed by atoms with Crippen LogP contribution in [0.5, 0.6) is 5.75 Å². The number of hydrogen-bond acceptors (Lipinski definition) is 4. The maximum Gasteiger partial charge on any atom is 0.345 e. The Kier molecular flexibility index (Phi) is 4.21. The summed E-state index contributed by atoms with van der Waals surface area (Å²) >= 11 is 1.27. The van der Waals surface area contributed by atoms with Gasteiger partial charge in [-0.3, -0.25) is 4.68 Å². The average Bonchev–Trinajstić information content (AvgIpc) is 2.94. The number of carboxylic acid groups (broad SMARTS) is 1. The quantitative estimate of drug-likeness (QED) is 0.883. The Morgan fingerprint density at radius 2 is 2.37 bits per heavy atom. The number of carbonyl (C=O) groups is 1. The molecule has 0 spiro atoms. The van der Waals surface area contributed by atoms with Gasteiger partial charge in [0.05, 0.1) is 12.4 Å². The monoisotopic (exact) mass is 280 g/mol. The van der Waals surface area contributed by atoms with E-state index < -0.39 is 5.97 Å². The predicted molar refractivity (Wildman–Crippen MR) is 72.9 cm³/mol. The molecule has 0 unspecified atom stereocenters. The van der Waals surface area contributed by atoms with Gasteiger partial charge in [0.15, 0.2) is 5.75 Å². The van der Waals surface area contributed by atoms with Gasteiger partial charge in [0, 0.05) is 17.0 Å². The zero-order valence-electron chi connectivity index (χ0n) is 10.9. The topological polar surface area (TPSA) is 64.3 Å². The molecule has 19 heavy (non-hydrogen) atoms. The predicted octanol–water partition coefficient (Wildman–Crippen LogP) is 2.94. The third-order valence-electron chi connectivity index (χ3n) is 2.69. The Bertz CT molecular complexity index is 574. The first-order chi connectivity index (χ1) is 9.10. The van der Waals surface area contributed by atoms with Crippen molar-refractivity contribution in [3.05, 3.63) is 33.8 Å². The molecule has 5 nitrogen and oxygen atoms in total. The molecule has 0 bridgehead atoms. The van der Waals surface area contributed by atoms with Gasteiger partial charge in [-0.25, -0.2) is 4.79 Å². The summed E-state index contributed by atoms with van der Waals surface area (Å²) in [6.07, 6.45) is 4.55. The lowest BCUT2D eigenvalue weighted by atomic mass is 10.2. The number of carboxylic acids is 1. The molecule has 0 radical (unpaired) electrons.